The van der Waals surface area contributed by atoms with Crippen LogP contribution >= 0.6 is 0 Å². The van der Waals surface area contributed by atoms with Gasteiger partial charge in [-0.2, -0.15) is 0 Å². The van der Waals surface area contributed by atoms with Crippen molar-refractivity contribution in [2.45, 2.75) is 27.2 Å². The number of carbonyl (C=O) groups excluding carboxylic acids is 2. The van der Waals surface area contributed by atoms with E-state index in [1.54, 1.807) is 40.0 Å². The fourth-order valence-corrected chi connectivity index (χ4v) is 1.47. The van der Waals surface area contributed by atoms with Gasteiger partial charge in [0, 0.05) is 11.8 Å². The molecule has 0 aliphatic rings. The Bertz CT molecular complexity index is 427. The zero-order chi connectivity index (χ0) is 13.1. The maximum absolute atomic E-state index is 11.8. The molecule has 0 aromatic heterocycles. The standard InChI is InChI=1S/C14H18O3/c1-14(2,3)13(16)12(15)9-10-6-5-7-11(8-10)17-4/h5-8H,9H2,1-4H3. The van der Waals surface area contributed by atoms with Crippen LogP contribution in [0.3, 0.4) is 0 Å². The Labute approximate surface area is 102 Å². The summed E-state index contributed by atoms with van der Waals surface area (Å²) >= 11 is 0. The van der Waals surface area contributed by atoms with Crippen LogP contribution in [0.5, 0.6) is 5.75 Å². The van der Waals surface area contributed by atoms with Gasteiger partial charge in [0.2, 0.25) is 11.6 Å². The minimum absolute atomic E-state index is 0.132. The van der Waals surface area contributed by atoms with Crippen molar-refractivity contribution >= 4 is 11.6 Å². The first-order chi connectivity index (χ1) is 7.84. The van der Waals surface area contributed by atoms with Crippen molar-refractivity contribution < 1.29 is 14.3 Å². The molecule has 0 saturated heterocycles. The minimum Gasteiger partial charge on any atom is -0.497 e. The Kier molecular flexibility index (Phi) is 4.05. The summed E-state index contributed by atoms with van der Waals surface area (Å²) < 4.78 is 5.07. The number of methoxy groups -OCH3 is 1. The number of rotatable bonds is 4. The molecule has 0 bridgehead atoms. The van der Waals surface area contributed by atoms with Crippen molar-refractivity contribution in [2.75, 3.05) is 7.11 Å². The van der Waals surface area contributed by atoms with E-state index < -0.39 is 5.41 Å². The van der Waals surface area contributed by atoms with Gasteiger partial charge in [-0.1, -0.05) is 32.9 Å². The highest BCUT2D eigenvalue weighted by Gasteiger charge is 2.27. The van der Waals surface area contributed by atoms with E-state index in [0.29, 0.717) is 5.75 Å². The van der Waals surface area contributed by atoms with Crippen molar-refractivity contribution in [3.05, 3.63) is 29.8 Å². The molecule has 1 rings (SSSR count). The molecule has 0 spiro atoms. The molecule has 1 aromatic carbocycles. The fourth-order valence-electron chi connectivity index (χ4n) is 1.47. The Hall–Kier alpha value is -1.64. The summed E-state index contributed by atoms with van der Waals surface area (Å²) in [7, 11) is 1.57. The summed E-state index contributed by atoms with van der Waals surface area (Å²) in [6.07, 6.45) is 0.132. The number of Topliss-reactive ketones (excluding diaryl/α,β-unsaturated/α-hetero) is 2. The van der Waals surface area contributed by atoms with Crippen LogP contribution in [-0.2, 0) is 16.0 Å². The molecule has 0 N–H and O–H groups in total. The van der Waals surface area contributed by atoms with Crippen LogP contribution in [0.25, 0.3) is 0 Å². The highest BCUT2D eigenvalue weighted by Crippen LogP contribution is 2.18. The first kappa shape index (κ1) is 13.4. The normalized spacial score (nSPS) is 11.1. The Morgan fingerprint density at radius 2 is 1.88 bits per heavy atom. The lowest BCUT2D eigenvalue weighted by Crippen LogP contribution is -2.29. The van der Waals surface area contributed by atoms with E-state index in [9.17, 15) is 9.59 Å². The average molecular weight is 234 g/mol. The van der Waals surface area contributed by atoms with Crippen molar-refractivity contribution in [2.24, 2.45) is 5.41 Å². The zero-order valence-corrected chi connectivity index (χ0v) is 10.7. The Balaban J connectivity index is 2.78. The van der Waals surface area contributed by atoms with Gasteiger partial charge in [-0.25, -0.2) is 0 Å². The molecular weight excluding hydrogens is 216 g/mol. The van der Waals surface area contributed by atoms with Gasteiger partial charge in [-0.15, -0.1) is 0 Å². The van der Waals surface area contributed by atoms with E-state index in [-0.39, 0.29) is 18.0 Å². The number of benzene rings is 1. The molecule has 1 aromatic rings. The van der Waals surface area contributed by atoms with Gasteiger partial charge < -0.3 is 4.74 Å². The van der Waals surface area contributed by atoms with E-state index >= 15 is 0 Å². The van der Waals surface area contributed by atoms with E-state index in [0.717, 1.165) is 5.56 Å². The van der Waals surface area contributed by atoms with Crippen LogP contribution in [0.2, 0.25) is 0 Å². The highest BCUT2D eigenvalue weighted by molar-refractivity contribution is 6.39. The van der Waals surface area contributed by atoms with Crippen LogP contribution < -0.4 is 4.74 Å². The van der Waals surface area contributed by atoms with Crippen LogP contribution in [-0.4, -0.2) is 18.7 Å². The molecule has 0 heterocycles. The third kappa shape index (κ3) is 3.70. The quantitative estimate of drug-likeness (QED) is 0.751. The number of carbonyl (C=O) groups is 2. The summed E-state index contributed by atoms with van der Waals surface area (Å²) in [6, 6.07) is 7.20. The fraction of sp³-hybridized carbons (Fsp3) is 0.429. The summed E-state index contributed by atoms with van der Waals surface area (Å²) in [6.45, 7) is 5.25. The molecule has 0 atom stereocenters. The third-order valence-electron chi connectivity index (χ3n) is 2.43. The van der Waals surface area contributed by atoms with Gasteiger partial charge in [-0.05, 0) is 17.7 Å². The second kappa shape index (κ2) is 5.13. The van der Waals surface area contributed by atoms with Crippen LogP contribution in [0.1, 0.15) is 26.3 Å². The molecule has 0 aliphatic heterocycles. The van der Waals surface area contributed by atoms with Crippen LogP contribution in [0.4, 0.5) is 0 Å². The van der Waals surface area contributed by atoms with Gasteiger partial charge in [0.1, 0.15) is 5.75 Å². The molecule has 0 radical (unpaired) electrons. The zero-order valence-electron chi connectivity index (χ0n) is 10.7. The number of hydrogen-bond acceptors (Lipinski definition) is 3. The van der Waals surface area contributed by atoms with Crippen molar-refractivity contribution in [1.29, 1.82) is 0 Å². The number of ketones is 2. The van der Waals surface area contributed by atoms with Crippen LogP contribution in [0.15, 0.2) is 24.3 Å². The first-order valence-electron chi connectivity index (χ1n) is 5.55. The molecule has 17 heavy (non-hydrogen) atoms. The molecule has 3 nitrogen and oxygen atoms in total. The predicted molar refractivity (Wildman–Crippen MR) is 66.2 cm³/mol. The second-order valence-electron chi connectivity index (χ2n) is 5.03. The Morgan fingerprint density at radius 1 is 1.24 bits per heavy atom. The second-order valence-corrected chi connectivity index (χ2v) is 5.03. The van der Waals surface area contributed by atoms with Crippen LogP contribution in [0, 0.1) is 5.41 Å². The number of ether oxygens (including phenoxy) is 1. The van der Waals surface area contributed by atoms with Gasteiger partial charge in [0.25, 0.3) is 0 Å². The van der Waals surface area contributed by atoms with Gasteiger partial charge in [0.05, 0.1) is 7.11 Å². The predicted octanol–water partition coefficient (Wildman–Crippen LogP) is 2.42. The maximum atomic E-state index is 11.8. The Morgan fingerprint density at radius 3 is 2.41 bits per heavy atom. The summed E-state index contributed by atoms with van der Waals surface area (Å²) in [5.74, 6) is 0.00424. The molecule has 92 valence electrons. The van der Waals surface area contributed by atoms with Gasteiger partial charge >= 0.3 is 0 Å². The molecule has 0 fully saturated rings. The van der Waals surface area contributed by atoms with Crippen molar-refractivity contribution in [3.63, 3.8) is 0 Å². The first-order valence-corrected chi connectivity index (χ1v) is 5.55. The summed E-state index contributed by atoms with van der Waals surface area (Å²) in [5.41, 5.74) is 0.183. The van der Waals surface area contributed by atoms with Crippen molar-refractivity contribution in [3.8, 4) is 5.75 Å². The average Bonchev–Trinajstić information content (AvgIpc) is 2.27. The molecule has 3 heteroatoms. The monoisotopic (exact) mass is 234 g/mol. The summed E-state index contributed by atoms with van der Waals surface area (Å²) in [5, 5.41) is 0. The molecule has 0 unspecified atom stereocenters. The SMILES string of the molecule is COc1cccc(CC(=O)C(=O)C(C)(C)C)c1. The molecule has 0 amide bonds. The van der Waals surface area contributed by atoms with E-state index in [4.69, 9.17) is 4.74 Å². The lowest BCUT2D eigenvalue weighted by atomic mass is 9.86. The smallest absolute Gasteiger partial charge is 0.204 e. The largest absolute Gasteiger partial charge is 0.497 e. The minimum atomic E-state index is -0.615. The van der Waals surface area contributed by atoms with Gasteiger partial charge in [0.15, 0.2) is 0 Å². The lowest BCUT2D eigenvalue weighted by molar-refractivity contribution is -0.140. The summed E-state index contributed by atoms with van der Waals surface area (Å²) in [4.78, 5) is 23.5. The molecular formula is C14H18O3. The van der Waals surface area contributed by atoms with Gasteiger partial charge in [-0.3, -0.25) is 9.59 Å². The van der Waals surface area contributed by atoms with E-state index in [1.807, 2.05) is 12.1 Å². The maximum Gasteiger partial charge on any atom is 0.204 e. The topological polar surface area (TPSA) is 43.4 Å². The number of hydrogen-bond donors (Lipinski definition) is 0. The molecule has 0 saturated carbocycles. The lowest BCUT2D eigenvalue weighted by Gasteiger charge is -2.15. The molecule has 0 aliphatic carbocycles. The highest BCUT2D eigenvalue weighted by atomic mass is 16.5. The van der Waals surface area contributed by atoms with E-state index in [2.05, 4.69) is 0 Å². The third-order valence-corrected chi connectivity index (χ3v) is 2.43. The van der Waals surface area contributed by atoms with Crippen molar-refractivity contribution in [1.82, 2.24) is 0 Å². The van der Waals surface area contributed by atoms with E-state index in [1.165, 1.54) is 0 Å².